The molecule has 2 aromatic rings. The molecule has 3 amide bonds. The van der Waals surface area contributed by atoms with Gasteiger partial charge in [0.15, 0.2) is 0 Å². The summed E-state index contributed by atoms with van der Waals surface area (Å²) in [5.74, 6) is -0.886. The van der Waals surface area contributed by atoms with Gasteiger partial charge in [0.2, 0.25) is 17.7 Å². The number of nitrogens with one attached hydrogen (secondary N) is 2. The van der Waals surface area contributed by atoms with E-state index in [0.717, 1.165) is 17.5 Å². The van der Waals surface area contributed by atoms with Crippen molar-refractivity contribution in [2.45, 2.75) is 76.9 Å². The highest BCUT2D eigenvalue weighted by Gasteiger charge is 2.71. The average Bonchev–Trinajstić information content (AvgIpc) is 3.22. The first-order valence-corrected chi connectivity index (χ1v) is 12.6. The Morgan fingerprint density at radius 3 is 1.89 bits per heavy atom. The second-order valence-electron chi connectivity index (χ2n) is 11.2. The molecule has 1 saturated heterocycles. The number of carbonyl (C=O) groups is 3. The van der Waals surface area contributed by atoms with Gasteiger partial charge in [0, 0.05) is 29.8 Å². The standard InChI is InChI=1S/C29H37N3O3/c1-19(2)30-26(34)29(31-25(33)22-17-12-18-32(22)27(35)28(3,4)5)23(20-13-8-6-9-14-20)24(29)21-15-10-7-11-16-21/h6-11,13-16,19,22-24H,12,17-18H2,1-5H3,(H,30,34)(H,31,33)/t22-,23+,24+/m0/s1. The molecule has 3 atom stereocenters. The van der Waals surface area contributed by atoms with Crippen LogP contribution in [0, 0.1) is 5.41 Å². The molecule has 0 bridgehead atoms. The van der Waals surface area contributed by atoms with E-state index < -0.39 is 17.0 Å². The van der Waals surface area contributed by atoms with Gasteiger partial charge in [-0.2, -0.15) is 0 Å². The van der Waals surface area contributed by atoms with Crippen molar-refractivity contribution in [1.29, 1.82) is 0 Å². The van der Waals surface area contributed by atoms with Crippen molar-refractivity contribution >= 4 is 17.7 Å². The van der Waals surface area contributed by atoms with Crippen molar-refractivity contribution in [3.8, 4) is 0 Å². The van der Waals surface area contributed by atoms with E-state index in [1.165, 1.54) is 0 Å². The van der Waals surface area contributed by atoms with E-state index in [4.69, 9.17) is 0 Å². The summed E-state index contributed by atoms with van der Waals surface area (Å²) < 4.78 is 0. The Morgan fingerprint density at radius 2 is 1.43 bits per heavy atom. The first-order chi connectivity index (χ1) is 16.6. The third kappa shape index (κ3) is 4.71. The Morgan fingerprint density at radius 1 is 0.914 bits per heavy atom. The molecule has 186 valence electrons. The van der Waals surface area contributed by atoms with Crippen LogP contribution in [0.4, 0.5) is 0 Å². The van der Waals surface area contributed by atoms with Gasteiger partial charge in [-0.3, -0.25) is 14.4 Å². The lowest BCUT2D eigenvalue weighted by Crippen LogP contribution is -2.57. The predicted octanol–water partition coefficient (Wildman–Crippen LogP) is 3.98. The third-order valence-electron chi connectivity index (χ3n) is 7.11. The third-order valence-corrected chi connectivity index (χ3v) is 7.11. The fraction of sp³-hybridized carbons (Fsp3) is 0.483. The van der Waals surface area contributed by atoms with Gasteiger partial charge >= 0.3 is 0 Å². The molecule has 2 aliphatic rings. The number of likely N-dealkylation sites (tertiary alicyclic amines) is 1. The maximum Gasteiger partial charge on any atom is 0.247 e. The highest BCUT2D eigenvalue weighted by atomic mass is 16.2. The van der Waals surface area contributed by atoms with Gasteiger partial charge < -0.3 is 15.5 Å². The normalized spacial score (nSPS) is 25.9. The average molecular weight is 476 g/mol. The summed E-state index contributed by atoms with van der Waals surface area (Å²) in [5.41, 5.74) is 0.321. The lowest BCUT2D eigenvalue weighted by molar-refractivity contribution is -0.145. The van der Waals surface area contributed by atoms with Crippen molar-refractivity contribution in [3.63, 3.8) is 0 Å². The molecule has 4 rings (SSSR count). The molecule has 1 aliphatic carbocycles. The van der Waals surface area contributed by atoms with Crippen LogP contribution in [0.1, 0.15) is 70.4 Å². The molecule has 1 saturated carbocycles. The van der Waals surface area contributed by atoms with Crippen molar-refractivity contribution in [2.75, 3.05) is 6.54 Å². The fourth-order valence-corrected chi connectivity index (χ4v) is 5.50. The topological polar surface area (TPSA) is 78.5 Å². The van der Waals surface area contributed by atoms with E-state index in [2.05, 4.69) is 10.6 Å². The maximum atomic E-state index is 13.8. The highest BCUT2D eigenvalue weighted by molar-refractivity contribution is 6.00. The monoisotopic (exact) mass is 475 g/mol. The minimum atomic E-state index is -1.12. The number of amides is 3. The summed E-state index contributed by atoms with van der Waals surface area (Å²) in [6.45, 7) is 10.0. The SMILES string of the molecule is CC(C)NC(=O)C1(NC(=O)[C@@H]2CCCN2C(=O)C(C)(C)C)[C@H](c2ccccc2)[C@H]1c1ccccc1. The first kappa shape index (κ1) is 25.0. The summed E-state index contributed by atoms with van der Waals surface area (Å²) >= 11 is 0. The van der Waals surface area contributed by atoms with Gasteiger partial charge in [0.25, 0.3) is 0 Å². The zero-order chi connectivity index (χ0) is 25.4. The molecular formula is C29H37N3O3. The van der Waals surface area contributed by atoms with Gasteiger partial charge in [-0.25, -0.2) is 0 Å². The van der Waals surface area contributed by atoms with Gasteiger partial charge in [0.1, 0.15) is 11.6 Å². The van der Waals surface area contributed by atoms with Crippen molar-refractivity contribution in [3.05, 3.63) is 71.8 Å². The molecule has 2 aromatic carbocycles. The minimum Gasteiger partial charge on any atom is -0.352 e. The smallest absolute Gasteiger partial charge is 0.247 e. The number of nitrogens with zero attached hydrogens (tertiary/aromatic N) is 1. The lowest BCUT2D eigenvalue weighted by atomic mass is 9.94. The number of hydrogen-bond donors (Lipinski definition) is 2. The van der Waals surface area contributed by atoms with Crippen LogP contribution >= 0.6 is 0 Å². The molecule has 35 heavy (non-hydrogen) atoms. The van der Waals surface area contributed by atoms with E-state index in [-0.39, 0.29) is 35.6 Å². The quantitative estimate of drug-likeness (QED) is 0.663. The second kappa shape index (κ2) is 9.48. The van der Waals surface area contributed by atoms with E-state index in [1.54, 1.807) is 4.90 Å². The summed E-state index contributed by atoms with van der Waals surface area (Å²) in [6, 6.07) is 19.2. The fourth-order valence-electron chi connectivity index (χ4n) is 5.50. The Hall–Kier alpha value is -3.15. The minimum absolute atomic E-state index is 0.0363. The number of benzene rings is 2. The van der Waals surface area contributed by atoms with Gasteiger partial charge in [-0.05, 0) is 37.8 Å². The van der Waals surface area contributed by atoms with E-state index in [1.807, 2.05) is 95.3 Å². The maximum absolute atomic E-state index is 13.8. The molecule has 0 unspecified atom stereocenters. The Balaban J connectivity index is 1.73. The van der Waals surface area contributed by atoms with Crippen LogP contribution in [0.5, 0.6) is 0 Å². The molecule has 6 heteroatoms. The van der Waals surface area contributed by atoms with Crippen LogP contribution in [-0.2, 0) is 14.4 Å². The number of hydrogen-bond acceptors (Lipinski definition) is 3. The molecule has 0 aromatic heterocycles. The van der Waals surface area contributed by atoms with Crippen LogP contribution < -0.4 is 10.6 Å². The van der Waals surface area contributed by atoms with Crippen molar-refractivity contribution < 1.29 is 14.4 Å². The summed E-state index contributed by atoms with van der Waals surface area (Å²) in [7, 11) is 0. The summed E-state index contributed by atoms with van der Waals surface area (Å²) in [5, 5.41) is 6.27. The molecule has 2 N–H and O–H groups in total. The molecule has 0 radical (unpaired) electrons. The lowest BCUT2D eigenvalue weighted by Gasteiger charge is -2.31. The van der Waals surface area contributed by atoms with E-state index >= 15 is 0 Å². The van der Waals surface area contributed by atoms with Gasteiger partial charge in [-0.15, -0.1) is 0 Å². The van der Waals surface area contributed by atoms with Gasteiger partial charge in [0.05, 0.1) is 0 Å². The highest BCUT2D eigenvalue weighted by Crippen LogP contribution is 2.63. The van der Waals surface area contributed by atoms with Crippen LogP contribution in [0.15, 0.2) is 60.7 Å². The molecular weight excluding hydrogens is 438 g/mol. The van der Waals surface area contributed by atoms with E-state index in [9.17, 15) is 14.4 Å². The van der Waals surface area contributed by atoms with Crippen LogP contribution in [0.2, 0.25) is 0 Å². The molecule has 0 spiro atoms. The predicted molar refractivity (Wildman–Crippen MR) is 137 cm³/mol. The van der Waals surface area contributed by atoms with Crippen LogP contribution in [-0.4, -0.2) is 46.8 Å². The van der Waals surface area contributed by atoms with Crippen molar-refractivity contribution in [1.82, 2.24) is 15.5 Å². The largest absolute Gasteiger partial charge is 0.352 e. The Kier molecular flexibility index (Phi) is 6.76. The molecule has 6 nitrogen and oxygen atoms in total. The number of rotatable bonds is 6. The Bertz CT molecular complexity index is 1030. The van der Waals surface area contributed by atoms with Gasteiger partial charge in [-0.1, -0.05) is 81.4 Å². The Labute approximate surface area is 208 Å². The summed E-state index contributed by atoms with van der Waals surface area (Å²) in [6.07, 6.45) is 1.37. The summed E-state index contributed by atoms with van der Waals surface area (Å²) in [4.78, 5) is 42.4. The van der Waals surface area contributed by atoms with Crippen molar-refractivity contribution in [2.24, 2.45) is 5.41 Å². The zero-order valence-electron chi connectivity index (χ0n) is 21.4. The van der Waals surface area contributed by atoms with E-state index in [0.29, 0.717) is 13.0 Å². The molecule has 1 heterocycles. The molecule has 1 aliphatic heterocycles. The zero-order valence-corrected chi connectivity index (χ0v) is 21.4. The second-order valence-corrected chi connectivity index (χ2v) is 11.2. The number of carbonyl (C=O) groups excluding carboxylic acids is 3. The first-order valence-electron chi connectivity index (χ1n) is 12.6. The van der Waals surface area contributed by atoms with Crippen LogP contribution in [0.3, 0.4) is 0 Å². The molecule has 2 fully saturated rings. The van der Waals surface area contributed by atoms with Crippen LogP contribution in [0.25, 0.3) is 0 Å².